The lowest BCUT2D eigenvalue weighted by molar-refractivity contribution is -0.129. The summed E-state index contributed by atoms with van der Waals surface area (Å²) in [7, 11) is 3.12. The Hall–Kier alpha value is -3.18. The lowest BCUT2D eigenvalue weighted by atomic mass is 9.86. The molecule has 1 fully saturated rings. The van der Waals surface area contributed by atoms with Crippen molar-refractivity contribution >= 4 is 23.4 Å². The molecule has 4 rings (SSSR count). The quantitative estimate of drug-likeness (QED) is 0.736. The first-order valence-electron chi connectivity index (χ1n) is 9.35. The molecule has 0 aromatic heterocycles. The van der Waals surface area contributed by atoms with Crippen LogP contribution in [0, 0.1) is 17.1 Å². The first-order valence-corrected chi connectivity index (χ1v) is 10.3. The van der Waals surface area contributed by atoms with Gasteiger partial charge in [0.2, 0.25) is 5.91 Å². The van der Waals surface area contributed by atoms with E-state index in [-0.39, 0.29) is 24.1 Å². The lowest BCUT2D eigenvalue weighted by Gasteiger charge is -2.42. The van der Waals surface area contributed by atoms with Gasteiger partial charge in [-0.05, 0) is 42.0 Å². The third-order valence-electron chi connectivity index (χ3n) is 5.30. The minimum Gasteiger partial charge on any atom is -0.493 e. The maximum absolute atomic E-state index is 13.2. The Morgan fingerprint density at radius 3 is 2.53 bits per heavy atom. The number of rotatable bonds is 4. The van der Waals surface area contributed by atoms with Gasteiger partial charge in [-0.3, -0.25) is 9.69 Å². The van der Waals surface area contributed by atoms with Crippen molar-refractivity contribution in [3.05, 3.63) is 64.4 Å². The molecule has 2 aliphatic rings. The second-order valence-corrected chi connectivity index (χ2v) is 7.89. The molecule has 2 heterocycles. The number of methoxy groups -OCH3 is 2. The second kappa shape index (κ2) is 8.28. The van der Waals surface area contributed by atoms with Gasteiger partial charge in [-0.15, -0.1) is 0 Å². The van der Waals surface area contributed by atoms with Crippen molar-refractivity contribution in [3.63, 3.8) is 0 Å². The van der Waals surface area contributed by atoms with Crippen molar-refractivity contribution < 1.29 is 18.7 Å². The van der Waals surface area contributed by atoms with E-state index in [0.29, 0.717) is 34.6 Å². The molecule has 0 radical (unpaired) electrons. The zero-order valence-electron chi connectivity index (χ0n) is 16.6. The van der Waals surface area contributed by atoms with Crippen molar-refractivity contribution in [2.45, 2.75) is 12.3 Å². The fraction of sp³-hybridized carbons (Fsp3) is 0.273. The number of thioether (sulfide) groups is 1. The highest BCUT2D eigenvalue weighted by atomic mass is 32.2. The van der Waals surface area contributed by atoms with E-state index in [2.05, 4.69) is 6.07 Å². The maximum atomic E-state index is 13.2. The SMILES string of the molecule is COc1ccc([C@H]2CC(=O)N3CN(c4ccc(F)cc4)CSC3=C2C#N)cc1OC. The monoisotopic (exact) mass is 425 g/mol. The zero-order valence-corrected chi connectivity index (χ0v) is 17.4. The minimum atomic E-state index is -0.335. The van der Waals surface area contributed by atoms with Crippen LogP contribution in [0.1, 0.15) is 17.9 Å². The Kier molecular flexibility index (Phi) is 5.55. The summed E-state index contributed by atoms with van der Waals surface area (Å²) in [6.07, 6.45) is 0.194. The van der Waals surface area contributed by atoms with Crippen LogP contribution in [0.4, 0.5) is 10.1 Å². The number of halogens is 1. The Morgan fingerprint density at radius 2 is 1.87 bits per heavy atom. The van der Waals surface area contributed by atoms with Crippen LogP contribution in [0.2, 0.25) is 0 Å². The number of fused-ring (bicyclic) bond motifs is 1. The van der Waals surface area contributed by atoms with Crippen LogP contribution in [-0.2, 0) is 4.79 Å². The van der Waals surface area contributed by atoms with Crippen molar-refractivity contribution in [3.8, 4) is 17.6 Å². The van der Waals surface area contributed by atoms with Gasteiger partial charge in [0.1, 0.15) is 5.82 Å². The molecule has 30 heavy (non-hydrogen) atoms. The molecule has 8 heteroatoms. The van der Waals surface area contributed by atoms with Crippen LogP contribution >= 0.6 is 11.8 Å². The number of nitriles is 1. The number of anilines is 1. The molecule has 1 saturated heterocycles. The van der Waals surface area contributed by atoms with Crippen LogP contribution in [0.5, 0.6) is 11.5 Å². The summed E-state index contributed by atoms with van der Waals surface area (Å²) in [5.74, 6) is 1.03. The summed E-state index contributed by atoms with van der Waals surface area (Å²) in [4.78, 5) is 16.6. The van der Waals surface area contributed by atoms with E-state index in [1.54, 1.807) is 37.3 Å². The molecule has 1 amide bonds. The third-order valence-corrected chi connectivity index (χ3v) is 6.45. The summed E-state index contributed by atoms with van der Waals surface area (Å²) in [5.41, 5.74) is 2.24. The van der Waals surface area contributed by atoms with E-state index < -0.39 is 0 Å². The fourth-order valence-corrected chi connectivity index (χ4v) is 4.90. The summed E-state index contributed by atoms with van der Waals surface area (Å²) < 4.78 is 23.9. The van der Waals surface area contributed by atoms with Crippen molar-refractivity contribution in [2.75, 3.05) is 31.7 Å². The predicted molar refractivity (Wildman–Crippen MR) is 113 cm³/mol. The Bertz CT molecular complexity index is 1050. The van der Waals surface area contributed by atoms with Gasteiger partial charge in [0.05, 0.1) is 43.4 Å². The predicted octanol–water partition coefficient (Wildman–Crippen LogP) is 4.06. The van der Waals surface area contributed by atoms with Gasteiger partial charge < -0.3 is 14.4 Å². The molecular weight excluding hydrogens is 405 g/mol. The largest absolute Gasteiger partial charge is 0.493 e. The van der Waals surface area contributed by atoms with Gasteiger partial charge in [-0.1, -0.05) is 17.8 Å². The first-order chi connectivity index (χ1) is 14.5. The number of allylic oxidation sites excluding steroid dienone is 1. The van der Waals surface area contributed by atoms with Crippen LogP contribution in [0.3, 0.4) is 0 Å². The number of carbonyl (C=O) groups excluding carboxylic acids is 1. The highest BCUT2D eigenvalue weighted by Gasteiger charge is 2.38. The zero-order chi connectivity index (χ0) is 21.3. The molecule has 0 aliphatic carbocycles. The van der Waals surface area contributed by atoms with Crippen LogP contribution in [0.25, 0.3) is 0 Å². The van der Waals surface area contributed by atoms with Gasteiger partial charge >= 0.3 is 0 Å². The molecule has 2 aromatic carbocycles. The molecule has 2 aliphatic heterocycles. The summed E-state index contributed by atoms with van der Waals surface area (Å²) in [5, 5.41) is 10.6. The minimum absolute atomic E-state index is 0.0527. The normalized spacial score (nSPS) is 18.7. The number of hydrogen-bond donors (Lipinski definition) is 0. The fourth-order valence-electron chi connectivity index (χ4n) is 3.73. The smallest absolute Gasteiger partial charge is 0.229 e. The van der Waals surface area contributed by atoms with E-state index in [1.807, 2.05) is 17.0 Å². The molecule has 0 spiro atoms. The topological polar surface area (TPSA) is 65.8 Å². The van der Waals surface area contributed by atoms with Crippen LogP contribution in [0.15, 0.2) is 53.1 Å². The second-order valence-electron chi connectivity index (χ2n) is 6.95. The molecular formula is C22H20FN3O3S. The highest BCUT2D eigenvalue weighted by molar-refractivity contribution is 8.03. The third kappa shape index (κ3) is 3.57. The number of benzene rings is 2. The van der Waals surface area contributed by atoms with E-state index in [0.717, 1.165) is 11.3 Å². The van der Waals surface area contributed by atoms with Gasteiger partial charge in [0, 0.05) is 18.0 Å². The number of hydrogen-bond acceptors (Lipinski definition) is 6. The highest BCUT2D eigenvalue weighted by Crippen LogP contribution is 2.44. The van der Waals surface area contributed by atoms with E-state index in [1.165, 1.54) is 23.9 Å². The van der Waals surface area contributed by atoms with Crippen molar-refractivity contribution in [2.24, 2.45) is 0 Å². The van der Waals surface area contributed by atoms with Crippen molar-refractivity contribution in [1.82, 2.24) is 4.90 Å². The molecule has 2 aromatic rings. The lowest BCUT2D eigenvalue weighted by Crippen LogP contribution is -2.47. The van der Waals surface area contributed by atoms with Gasteiger partial charge in [0.25, 0.3) is 0 Å². The standard InChI is InChI=1S/C22H20FN3O3S/c1-28-19-8-3-14(9-20(19)29-2)17-10-21(27)26-12-25(13-30-22(26)18(17)11-24)16-6-4-15(23)5-7-16/h3-9,17H,10,12-13H2,1-2H3/t17-/m1/s1. The number of carbonyl (C=O) groups is 1. The first kappa shape index (κ1) is 20.1. The summed E-state index contributed by atoms with van der Waals surface area (Å²) >= 11 is 1.45. The molecule has 1 atom stereocenters. The average Bonchev–Trinajstić information content (AvgIpc) is 2.78. The molecule has 0 N–H and O–H groups in total. The van der Waals surface area contributed by atoms with E-state index in [4.69, 9.17) is 9.47 Å². The van der Waals surface area contributed by atoms with E-state index in [9.17, 15) is 14.4 Å². The number of ether oxygens (including phenoxy) is 2. The summed E-state index contributed by atoms with van der Waals surface area (Å²) in [6, 6.07) is 14.0. The van der Waals surface area contributed by atoms with Gasteiger partial charge in [0.15, 0.2) is 11.5 Å². The Labute approximate surface area is 178 Å². The Balaban J connectivity index is 1.66. The molecule has 6 nitrogen and oxygen atoms in total. The van der Waals surface area contributed by atoms with Crippen molar-refractivity contribution in [1.29, 1.82) is 5.26 Å². The molecule has 0 saturated carbocycles. The molecule has 0 unspecified atom stereocenters. The number of amides is 1. The Morgan fingerprint density at radius 1 is 1.13 bits per heavy atom. The van der Waals surface area contributed by atoms with E-state index >= 15 is 0 Å². The maximum Gasteiger partial charge on any atom is 0.229 e. The molecule has 0 bridgehead atoms. The van der Waals surface area contributed by atoms with Gasteiger partial charge in [-0.2, -0.15) is 5.26 Å². The van der Waals surface area contributed by atoms with Gasteiger partial charge in [-0.25, -0.2) is 4.39 Å². The van der Waals surface area contributed by atoms with Crippen LogP contribution < -0.4 is 14.4 Å². The average molecular weight is 425 g/mol. The number of nitrogens with zero attached hydrogens (tertiary/aromatic N) is 3. The molecule has 154 valence electrons. The van der Waals surface area contributed by atoms with Crippen LogP contribution in [-0.4, -0.2) is 37.6 Å². The summed E-state index contributed by atoms with van der Waals surface area (Å²) in [6.45, 7) is 0.330.